The number of rotatable bonds is 1. The van der Waals surface area contributed by atoms with Gasteiger partial charge in [-0.3, -0.25) is 9.36 Å². The predicted molar refractivity (Wildman–Crippen MR) is 84.3 cm³/mol. The number of carbonyl (C=O) groups is 2. The summed E-state index contributed by atoms with van der Waals surface area (Å²) in [6.07, 6.45) is 0.968. The van der Waals surface area contributed by atoms with Crippen LogP contribution in [0.15, 0.2) is 18.3 Å². The maximum Gasteiger partial charge on any atom is 0.419 e. The number of aryl methyl sites for hydroxylation is 1. The van der Waals surface area contributed by atoms with E-state index >= 15 is 0 Å². The van der Waals surface area contributed by atoms with E-state index in [2.05, 4.69) is 5.32 Å². The monoisotopic (exact) mass is 304 g/mol. The molecule has 2 aromatic rings. The summed E-state index contributed by atoms with van der Waals surface area (Å²) in [5.41, 5.74) is 1.12. The second kappa shape index (κ2) is 5.36. The number of phenolic OH excluding ortho intramolecular Hbond substituents is 1. The Morgan fingerprint density at radius 1 is 1.27 bits per heavy atom. The van der Waals surface area contributed by atoms with E-state index in [1.165, 1.54) is 23.8 Å². The third-order valence-electron chi connectivity index (χ3n) is 2.98. The van der Waals surface area contributed by atoms with Crippen molar-refractivity contribution in [1.29, 1.82) is 0 Å². The zero-order valence-electron chi connectivity index (χ0n) is 13.4. The second-order valence-electron chi connectivity index (χ2n) is 6.23. The number of anilines is 1. The lowest BCUT2D eigenvalue weighted by molar-refractivity contribution is -0.114. The average Bonchev–Trinajstić information content (AvgIpc) is 2.65. The highest BCUT2D eigenvalue weighted by atomic mass is 16.6. The van der Waals surface area contributed by atoms with Crippen molar-refractivity contribution < 1.29 is 19.4 Å². The lowest BCUT2D eigenvalue weighted by Crippen LogP contribution is -2.26. The van der Waals surface area contributed by atoms with Gasteiger partial charge in [0.25, 0.3) is 0 Å². The quantitative estimate of drug-likeness (QED) is 0.846. The third-order valence-corrected chi connectivity index (χ3v) is 2.98. The third kappa shape index (κ3) is 3.21. The maximum absolute atomic E-state index is 12.4. The molecule has 0 unspecified atom stereocenters. The van der Waals surface area contributed by atoms with Crippen LogP contribution in [-0.4, -0.2) is 27.3 Å². The Labute approximate surface area is 128 Å². The number of ether oxygens (including phenoxy) is 1. The normalized spacial score (nSPS) is 11.5. The summed E-state index contributed by atoms with van der Waals surface area (Å²) in [7, 11) is 0. The highest BCUT2D eigenvalue weighted by Gasteiger charge is 2.22. The van der Waals surface area contributed by atoms with Gasteiger partial charge in [-0.05, 0) is 45.4 Å². The molecule has 0 spiro atoms. The van der Waals surface area contributed by atoms with Crippen LogP contribution in [0.5, 0.6) is 5.75 Å². The Kier molecular flexibility index (Phi) is 3.87. The van der Waals surface area contributed by atoms with Crippen LogP contribution in [0.2, 0.25) is 0 Å². The van der Waals surface area contributed by atoms with E-state index in [9.17, 15) is 14.7 Å². The van der Waals surface area contributed by atoms with Gasteiger partial charge in [0.15, 0.2) is 0 Å². The summed E-state index contributed by atoms with van der Waals surface area (Å²) < 4.78 is 6.73. The van der Waals surface area contributed by atoms with Crippen molar-refractivity contribution in [2.75, 3.05) is 5.32 Å². The van der Waals surface area contributed by atoms with Crippen molar-refractivity contribution in [2.45, 2.75) is 40.2 Å². The Morgan fingerprint density at radius 3 is 2.45 bits per heavy atom. The number of carbonyl (C=O) groups excluding carboxylic acids is 2. The number of hydrogen-bond donors (Lipinski definition) is 2. The topological polar surface area (TPSA) is 80.6 Å². The zero-order chi connectivity index (χ0) is 16.7. The lowest BCUT2D eigenvalue weighted by Gasteiger charge is -2.20. The van der Waals surface area contributed by atoms with Gasteiger partial charge >= 0.3 is 6.09 Å². The van der Waals surface area contributed by atoms with Crippen LogP contribution in [0.25, 0.3) is 10.9 Å². The van der Waals surface area contributed by atoms with Crippen molar-refractivity contribution in [3.05, 3.63) is 23.9 Å². The van der Waals surface area contributed by atoms with E-state index in [1.807, 2.05) is 0 Å². The molecule has 1 aromatic carbocycles. The second-order valence-corrected chi connectivity index (χ2v) is 6.23. The van der Waals surface area contributed by atoms with Gasteiger partial charge in [0, 0.05) is 18.5 Å². The number of fused-ring (bicyclic) bond motifs is 1. The van der Waals surface area contributed by atoms with Crippen LogP contribution in [0.4, 0.5) is 10.5 Å². The first-order chi connectivity index (χ1) is 10.1. The number of phenols is 1. The molecule has 0 aliphatic carbocycles. The minimum Gasteiger partial charge on any atom is -0.508 e. The van der Waals surface area contributed by atoms with E-state index in [1.54, 1.807) is 33.8 Å². The highest BCUT2D eigenvalue weighted by molar-refractivity contribution is 6.05. The fourth-order valence-electron chi connectivity index (χ4n) is 2.29. The molecule has 0 atom stereocenters. The zero-order valence-corrected chi connectivity index (χ0v) is 13.4. The molecule has 0 bridgehead atoms. The van der Waals surface area contributed by atoms with Gasteiger partial charge in [-0.25, -0.2) is 4.79 Å². The molecule has 1 heterocycles. The molecule has 0 radical (unpaired) electrons. The van der Waals surface area contributed by atoms with Gasteiger partial charge in [0.2, 0.25) is 5.91 Å². The molecule has 118 valence electrons. The van der Waals surface area contributed by atoms with Crippen molar-refractivity contribution in [3.8, 4) is 5.75 Å². The molecule has 0 fully saturated rings. The van der Waals surface area contributed by atoms with Crippen LogP contribution in [0.3, 0.4) is 0 Å². The molecular formula is C16H20N2O4. The molecule has 1 aromatic heterocycles. The summed E-state index contributed by atoms with van der Waals surface area (Å²) in [6.45, 7) is 8.50. The average molecular weight is 304 g/mol. The lowest BCUT2D eigenvalue weighted by atomic mass is 10.1. The van der Waals surface area contributed by atoms with Crippen LogP contribution < -0.4 is 5.32 Å². The summed E-state index contributed by atoms with van der Waals surface area (Å²) in [5.74, 6) is -0.192. The van der Waals surface area contributed by atoms with Gasteiger partial charge in [0.1, 0.15) is 11.4 Å². The highest BCUT2D eigenvalue weighted by Crippen LogP contribution is 2.32. The molecule has 0 saturated carbocycles. The predicted octanol–water partition coefficient (Wildman–Crippen LogP) is 3.40. The molecule has 1 amide bonds. The molecule has 2 rings (SSSR count). The molecule has 0 aliphatic rings. The number of aromatic hydroxyl groups is 1. The van der Waals surface area contributed by atoms with Crippen LogP contribution in [-0.2, 0) is 9.53 Å². The van der Waals surface area contributed by atoms with E-state index in [0.29, 0.717) is 22.2 Å². The minimum absolute atomic E-state index is 0.0681. The first-order valence-electron chi connectivity index (χ1n) is 6.94. The van der Waals surface area contributed by atoms with E-state index in [-0.39, 0.29) is 11.7 Å². The number of nitrogens with zero attached hydrogens (tertiary/aromatic N) is 1. The van der Waals surface area contributed by atoms with Gasteiger partial charge in [-0.15, -0.1) is 0 Å². The smallest absolute Gasteiger partial charge is 0.419 e. The molecule has 6 nitrogen and oxygen atoms in total. The molecule has 6 heteroatoms. The summed E-state index contributed by atoms with van der Waals surface area (Å²) >= 11 is 0. The Bertz CT molecular complexity index is 754. The van der Waals surface area contributed by atoms with Crippen molar-refractivity contribution in [2.24, 2.45) is 0 Å². The van der Waals surface area contributed by atoms with Gasteiger partial charge in [-0.2, -0.15) is 0 Å². The van der Waals surface area contributed by atoms with E-state index < -0.39 is 11.7 Å². The van der Waals surface area contributed by atoms with Crippen molar-refractivity contribution in [1.82, 2.24) is 4.57 Å². The largest absolute Gasteiger partial charge is 0.508 e. The Morgan fingerprint density at radius 2 is 1.91 bits per heavy atom. The maximum atomic E-state index is 12.4. The number of hydrogen-bond acceptors (Lipinski definition) is 4. The molecule has 0 saturated heterocycles. The first kappa shape index (κ1) is 15.9. The minimum atomic E-state index is -0.632. The van der Waals surface area contributed by atoms with E-state index in [4.69, 9.17) is 4.74 Å². The first-order valence-corrected chi connectivity index (χ1v) is 6.94. The van der Waals surface area contributed by atoms with Crippen LogP contribution in [0, 0.1) is 6.92 Å². The fourth-order valence-corrected chi connectivity index (χ4v) is 2.29. The van der Waals surface area contributed by atoms with Crippen molar-refractivity contribution >= 4 is 28.6 Å². The van der Waals surface area contributed by atoms with Crippen molar-refractivity contribution in [3.63, 3.8) is 0 Å². The van der Waals surface area contributed by atoms with Gasteiger partial charge in [0.05, 0.1) is 11.2 Å². The summed E-state index contributed by atoms with van der Waals surface area (Å²) in [6, 6.07) is 3.06. The number of nitrogens with one attached hydrogen (secondary N) is 1. The molecule has 0 aliphatic heterocycles. The summed E-state index contributed by atoms with van der Waals surface area (Å²) in [4.78, 5) is 23.7. The van der Waals surface area contributed by atoms with Crippen LogP contribution in [0.1, 0.15) is 33.3 Å². The van der Waals surface area contributed by atoms with Gasteiger partial charge in [-0.1, -0.05) is 0 Å². The molecular weight excluding hydrogens is 284 g/mol. The number of aromatic nitrogens is 1. The summed E-state index contributed by atoms with van der Waals surface area (Å²) in [5, 5.41) is 13.0. The van der Waals surface area contributed by atoms with Crippen LogP contribution >= 0.6 is 0 Å². The number of benzene rings is 1. The molecule has 2 N–H and O–H groups in total. The SMILES string of the molecule is CC(=O)Nc1cn(C(=O)OC(C)(C)C)c2c(C)cc(O)cc12. The Hall–Kier alpha value is -2.50. The molecule has 22 heavy (non-hydrogen) atoms. The Balaban J connectivity index is 2.64. The fraction of sp³-hybridized carbons (Fsp3) is 0.375. The van der Waals surface area contributed by atoms with Gasteiger partial charge < -0.3 is 15.2 Å². The standard InChI is InChI=1S/C16H20N2O4/c1-9-6-11(20)7-12-13(17-10(2)19)8-18(14(9)12)15(21)22-16(3,4)5/h6-8,20H,1-5H3,(H,17,19). The van der Waals surface area contributed by atoms with E-state index in [0.717, 1.165) is 0 Å². The number of amides is 1.